The van der Waals surface area contributed by atoms with Crippen molar-refractivity contribution in [2.45, 2.75) is 25.9 Å². The van der Waals surface area contributed by atoms with Crippen LogP contribution in [0.1, 0.15) is 17.9 Å². The summed E-state index contributed by atoms with van der Waals surface area (Å²) >= 11 is 0. The minimum Gasteiger partial charge on any atom is -0.469 e. The van der Waals surface area contributed by atoms with Crippen molar-refractivity contribution in [2.75, 3.05) is 20.2 Å². The number of hydrogen-bond donors (Lipinski definition) is 1. The highest BCUT2D eigenvalue weighted by atomic mass is 16.5. The predicted molar refractivity (Wildman–Crippen MR) is 88.3 cm³/mol. The van der Waals surface area contributed by atoms with Crippen LogP contribution in [0.2, 0.25) is 0 Å². The molecule has 0 radical (unpaired) electrons. The molecule has 1 aromatic carbocycles. The summed E-state index contributed by atoms with van der Waals surface area (Å²) in [6.07, 6.45) is -0.0126. The highest BCUT2D eigenvalue weighted by Crippen LogP contribution is 2.20. The molecule has 132 valence electrons. The molecule has 0 aliphatic carbocycles. The first-order valence-electron chi connectivity index (χ1n) is 8.05. The van der Waals surface area contributed by atoms with E-state index in [9.17, 15) is 9.59 Å². The number of aryl methyl sites for hydroxylation is 1. The van der Waals surface area contributed by atoms with Crippen molar-refractivity contribution >= 4 is 11.9 Å². The molecule has 1 aliphatic heterocycles. The van der Waals surface area contributed by atoms with E-state index in [2.05, 4.69) is 20.3 Å². The average Bonchev–Trinajstić information content (AvgIpc) is 3.07. The van der Waals surface area contributed by atoms with Gasteiger partial charge in [0.05, 0.1) is 20.1 Å². The van der Waals surface area contributed by atoms with Gasteiger partial charge in [0, 0.05) is 18.7 Å². The molecule has 0 spiro atoms. The number of aromatic nitrogens is 2. The summed E-state index contributed by atoms with van der Waals surface area (Å²) in [5.41, 5.74) is 1.99. The first-order valence-corrected chi connectivity index (χ1v) is 8.05. The van der Waals surface area contributed by atoms with E-state index in [1.165, 1.54) is 7.11 Å². The Morgan fingerprint density at radius 3 is 2.84 bits per heavy atom. The van der Waals surface area contributed by atoms with Crippen LogP contribution in [-0.2, 0) is 20.9 Å². The van der Waals surface area contributed by atoms with Crippen LogP contribution in [0.15, 0.2) is 28.7 Å². The second kappa shape index (κ2) is 7.43. The zero-order chi connectivity index (χ0) is 17.8. The molecule has 1 aromatic heterocycles. The summed E-state index contributed by atoms with van der Waals surface area (Å²) in [4.78, 5) is 25.5. The van der Waals surface area contributed by atoms with E-state index in [-0.39, 0.29) is 12.3 Å². The van der Waals surface area contributed by atoms with E-state index in [0.29, 0.717) is 31.4 Å². The normalized spacial score (nSPS) is 18.0. The Morgan fingerprint density at radius 2 is 2.12 bits per heavy atom. The molecule has 8 nitrogen and oxygen atoms in total. The van der Waals surface area contributed by atoms with Crippen molar-refractivity contribution in [3.63, 3.8) is 0 Å². The number of nitrogens with one attached hydrogen (secondary N) is 1. The molecule has 1 saturated heterocycles. The van der Waals surface area contributed by atoms with Crippen LogP contribution in [0.5, 0.6) is 0 Å². The van der Waals surface area contributed by atoms with Crippen molar-refractivity contribution in [3.8, 4) is 11.5 Å². The van der Waals surface area contributed by atoms with Gasteiger partial charge in [0.1, 0.15) is 6.04 Å². The Morgan fingerprint density at radius 1 is 1.36 bits per heavy atom. The zero-order valence-electron chi connectivity index (χ0n) is 14.2. The van der Waals surface area contributed by atoms with Crippen LogP contribution in [0.25, 0.3) is 11.5 Å². The van der Waals surface area contributed by atoms with Gasteiger partial charge in [0.2, 0.25) is 17.7 Å². The summed E-state index contributed by atoms with van der Waals surface area (Å²) in [5, 5.41) is 10.9. The first kappa shape index (κ1) is 17.1. The Hall–Kier alpha value is -2.74. The third-order valence-electron chi connectivity index (χ3n) is 4.13. The van der Waals surface area contributed by atoms with E-state index < -0.39 is 12.0 Å². The molecule has 1 amide bonds. The predicted octanol–water partition coefficient (Wildman–Crippen LogP) is 0.909. The third-order valence-corrected chi connectivity index (χ3v) is 4.13. The monoisotopic (exact) mass is 344 g/mol. The van der Waals surface area contributed by atoms with Gasteiger partial charge < -0.3 is 14.5 Å². The van der Waals surface area contributed by atoms with E-state index in [1.54, 1.807) is 0 Å². The Labute approximate surface area is 145 Å². The number of hydrogen-bond acceptors (Lipinski definition) is 7. The van der Waals surface area contributed by atoms with Crippen molar-refractivity contribution < 1.29 is 18.7 Å². The van der Waals surface area contributed by atoms with E-state index in [0.717, 1.165) is 11.1 Å². The van der Waals surface area contributed by atoms with Gasteiger partial charge in [0.25, 0.3) is 0 Å². The Bertz CT molecular complexity index is 756. The van der Waals surface area contributed by atoms with Crippen LogP contribution < -0.4 is 5.32 Å². The minimum absolute atomic E-state index is 0.0126. The lowest BCUT2D eigenvalue weighted by Crippen LogP contribution is -2.55. The summed E-state index contributed by atoms with van der Waals surface area (Å²) in [6, 6.07) is 7.18. The molecule has 1 N–H and O–H groups in total. The van der Waals surface area contributed by atoms with E-state index >= 15 is 0 Å². The van der Waals surface area contributed by atoms with E-state index in [4.69, 9.17) is 4.42 Å². The molecule has 2 heterocycles. The third kappa shape index (κ3) is 4.03. The van der Waals surface area contributed by atoms with Crippen molar-refractivity contribution in [1.82, 2.24) is 20.4 Å². The number of esters is 1. The highest BCUT2D eigenvalue weighted by Gasteiger charge is 2.33. The molecule has 2 aromatic rings. The number of amides is 1. The number of carbonyl (C=O) groups is 2. The average molecular weight is 344 g/mol. The Balaban J connectivity index is 1.73. The van der Waals surface area contributed by atoms with Gasteiger partial charge in [-0.25, -0.2) is 0 Å². The van der Waals surface area contributed by atoms with E-state index in [1.807, 2.05) is 36.1 Å². The van der Waals surface area contributed by atoms with Crippen LogP contribution in [0.4, 0.5) is 0 Å². The first-order chi connectivity index (χ1) is 12.1. The van der Waals surface area contributed by atoms with Gasteiger partial charge in [-0.05, 0) is 19.1 Å². The summed E-state index contributed by atoms with van der Waals surface area (Å²) in [5.74, 6) is 0.203. The molecular formula is C17H20N4O4. The van der Waals surface area contributed by atoms with Crippen LogP contribution in [-0.4, -0.2) is 53.2 Å². The lowest BCUT2D eigenvalue weighted by molar-refractivity contribution is -0.146. The maximum Gasteiger partial charge on any atom is 0.307 e. The number of piperazine rings is 1. The van der Waals surface area contributed by atoms with Crippen LogP contribution in [0.3, 0.4) is 0 Å². The number of rotatable bonds is 5. The largest absolute Gasteiger partial charge is 0.469 e. The molecule has 1 aliphatic rings. The fourth-order valence-corrected chi connectivity index (χ4v) is 2.72. The van der Waals surface area contributed by atoms with Gasteiger partial charge in [-0.1, -0.05) is 17.7 Å². The summed E-state index contributed by atoms with van der Waals surface area (Å²) in [7, 11) is 1.30. The summed E-state index contributed by atoms with van der Waals surface area (Å²) in [6.45, 7) is 3.41. The number of carbonyl (C=O) groups excluding carboxylic acids is 2. The maximum atomic E-state index is 12.1. The number of methoxy groups -OCH3 is 1. The van der Waals surface area contributed by atoms with Gasteiger partial charge >= 0.3 is 5.97 Å². The molecule has 0 unspecified atom stereocenters. The second-order valence-corrected chi connectivity index (χ2v) is 5.92. The van der Waals surface area contributed by atoms with Gasteiger partial charge in [-0.2, -0.15) is 0 Å². The smallest absolute Gasteiger partial charge is 0.307 e. The van der Waals surface area contributed by atoms with Crippen molar-refractivity contribution in [1.29, 1.82) is 0 Å². The quantitative estimate of drug-likeness (QED) is 0.805. The molecule has 25 heavy (non-hydrogen) atoms. The second-order valence-electron chi connectivity index (χ2n) is 5.92. The number of benzene rings is 1. The lowest BCUT2D eigenvalue weighted by Gasteiger charge is -2.33. The molecule has 8 heteroatoms. The van der Waals surface area contributed by atoms with Crippen LogP contribution >= 0.6 is 0 Å². The van der Waals surface area contributed by atoms with Crippen LogP contribution in [0, 0.1) is 6.92 Å². The topological polar surface area (TPSA) is 97.6 Å². The fraction of sp³-hybridized carbons (Fsp3) is 0.412. The molecular weight excluding hydrogens is 324 g/mol. The standard InChI is InChI=1S/C17H20N4O4/c1-11-3-5-12(6-4-11)17-20-19-14(25-17)10-21-8-7-18-16(23)13(21)9-15(22)24-2/h3-6,13H,7-10H2,1-2H3,(H,18,23)/t13-/m0/s1. The Kier molecular flexibility index (Phi) is 5.08. The maximum absolute atomic E-state index is 12.1. The highest BCUT2D eigenvalue weighted by molar-refractivity contribution is 5.87. The molecule has 3 rings (SSSR count). The molecule has 1 atom stereocenters. The number of nitrogens with zero attached hydrogens (tertiary/aromatic N) is 3. The lowest BCUT2D eigenvalue weighted by atomic mass is 10.1. The SMILES string of the molecule is COC(=O)C[C@H]1C(=O)NCCN1Cc1nnc(-c2ccc(C)cc2)o1. The van der Waals surface area contributed by atoms with Gasteiger partial charge in [-0.15, -0.1) is 10.2 Å². The summed E-state index contributed by atoms with van der Waals surface area (Å²) < 4.78 is 10.4. The molecule has 1 fully saturated rings. The van der Waals surface area contributed by atoms with Crippen molar-refractivity contribution in [3.05, 3.63) is 35.7 Å². The molecule has 0 saturated carbocycles. The zero-order valence-corrected chi connectivity index (χ0v) is 14.2. The van der Waals surface area contributed by atoms with Crippen molar-refractivity contribution in [2.24, 2.45) is 0 Å². The molecule has 0 bridgehead atoms. The van der Waals surface area contributed by atoms with Gasteiger partial charge in [0.15, 0.2) is 0 Å². The minimum atomic E-state index is -0.601. The number of ether oxygens (including phenoxy) is 1. The van der Waals surface area contributed by atoms with Gasteiger partial charge in [-0.3, -0.25) is 14.5 Å². The fourth-order valence-electron chi connectivity index (χ4n) is 2.72.